The predicted octanol–water partition coefficient (Wildman–Crippen LogP) is 7.90. The molecule has 37 heteroatoms. The molecule has 2 aromatic rings. The van der Waals surface area contributed by atoms with E-state index in [1.54, 1.807) is 26.2 Å². The highest BCUT2D eigenvalue weighted by molar-refractivity contribution is 7.98. The fraction of sp³-hybridized carbons (Fsp3) is 0.582. The van der Waals surface area contributed by atoms with Crippen LogP contribution >= 0.6 is 11.8 Å². The lowest BCUT2D eigenvalue weighted by atomic mass is 9.81. The molecular formula is C91H128N9O26S2+. The second-order valence-electron chi connectivity index (χ2n) is 34.1. The number of carbonyl (C=O) groups excluding carboxylic acids is 12. The minimum absolute atomic E-state index is 0.115. The third-order valence-corrected chi connectivity index (χ3v) is 24.5. The number of carboxylic acids is 5. The van der Waals surface area contributed by atoms with Crippen molar-refractivity contribution in [1.82, 2.24) is 36.8 Å². The van der Waals surface area contributed by atoms with Gasteiger partial charge in [-0.2, -0.15) is 24.8 Å². The van der Waals surface area contributed by atoms with E-state index in [1.807, 2.05) is 68.7 Å². The SMILES string of the molecule is CCC(=O)[C@H](C)NC(=O)[C@H](CSC)CC(=O)CNC(=O)[C@H](CC(C)C)NC(=O)[C@@H]1CCCN1C(=O)COCCCC(=O)[C@@H](CCC(=O)O)NC(=O)[C@@H](CCC(=O)O)CC(=O)[C@@H](CCC(=O)O)NC(=O)[C@@H](CCC(=O)O)CC(=O)[C@@H](CCC(=O)O)NC(=O)CCCCC[N+]1=C(C=CC=CC=CC=C2N(CC)c3ccc(C)cc3C2(C)C)C(C)(C)c2cc(S(=O)(=O)O)ccc21. The summed E-state index contributed by atoms with van der Waals surface area (Å²) in [6.45, 7) is 19.3. The van der Waals surface area contributed by atoms with Crippen LogP contribution in [-0.2, 0) is 107 Å². The van der Waals surface area contributed by atoms with E-state index in [9.17, 15) is 120 Å². The summed E-state index contributed by atoms with van der Waals surface area (Å²) in [4.78, 5) is 227. The van der Waals surface area contributed by atoms with Gasteiger partial charge in [0.2, 0.25) is 47.0 Å². The number of fused-ring (bicyclic) bond motifs is 2. The number of anilines is 1. The molecule has 3 heterocycles. The van der Waals surface area contributed by atoms with Crippen molar-refractivity contribution in [1.29, 1.82) is 0 Å². The number of Topliss-reactive ketones (excluding diaryl/α,β-unsaturated/α-hetero) is 5. The monoisotopic (exact) mass is 1830 g/mol. The number of likely N-dealkylation sites (tertiary alicyclic amines) is 1. The molecule has 7 amide bonds. The van der Waals surface area contributed by atoms with Gasteiger partial charge in [-0.15, -0.1) is 0 Å². The molecule has 0 saturated carbocycles. The number of thioether (sulfide) groups is 1. The van der Waals surface area contributed by atoms with Crippen LogP contribution in [-0.4, -0.2) is 241 Å². The molecule has 1 fully saturated rings. The Balaban J connectivity index is 1.22. The Labute approximate surface area is 751 Å². The van der Waals surface area contributed by atoms with Crippen molar-refractivity contribution in [2.75, 3.05) is 56.3 Å². The van der Waals surface area contributed by atoms with Crippen LogP contribution in [0.2, 0.25) is 0 Å². The van der Waals surface area contributed by atoms with Crippen LogP contribution in [0, 0.1) is 30.6 Å². The standard InChI is InChI=1S/C91H127N9O26S2/c1-12-72(102)57(6)93-87(120)60(54-127-11)48-61(101)52-92-88(121)68(46-55(3)4)97-89(122)71-24-22-44-100(71)79(107)53-126-45-23-25-73(103)65(33-40-82(112)113)95-85(118)59(31-39-81(110)111)50-75(105)67(35-42-84(116)117)96-86(119)58(30-38-80(108)109)49-74(104)66(34-41-83(114)115)94-78(106)28-20-17-21-43-99-70-37-32-62(128(123,124)125)51-64(70)91(9,10)77(99)27-19-16-14-15-18-26-76-90(7,8)63-47-56(5)29-36-69(63)98(76)13-2/h14-16,18-19,26-27,29,32,36-37,47,51,55,57-60,65-68,71H,12-13,17,20-25,28,30-31,33-35,38-46,48-50,52-54H2,1-11H3,(H11-,92,93,94,95,96,97,106,108,109,110,111,112,113,114,115,116,117,118,119,120,121,122,123,124,125)/p+1/t57-,58-,59-,60-,65+,66+,67+,68-,71-/m0/s1. The van der Waals surface area contributed by atoms with E-state index in [-0.39, 0.29) is 85.9 Å². The number of unbranched alkanes of at least 4 members (excludes halogenated alkanes) is 2. The Bertz CT molecular complexity index is 4660. The number of ketones is 5. The average Bonchev–Trinajstić information content (AvgIpc) is 1.58. The summed E-state index contributed by atoms with van der Waals surface area (Å²) in [5.74, 6) is -19.8. The minimum atomic E-state index is -4.58. The zero-order valence-electron chi connectivity index (χ0n) is 75.0. The van der Waals surface area contributed by atoms with Gasteiger partial charge in [0.15, 0.2) is 34.6 Å². The largest absolute Gasteiger partial charge is 0.481 e. The highest BCUT2D eigenvalue weighted by atomic mass is 32.2. The van der Waals surface area contributed by atoms with Crippen molar-refractivity contribution in [3.05, 3.63) is 101 Å². The number of carboxylic acid groups (broad SMARTS) is 5. The Kier molecular flexibility index (Phi) is 43.6. The number of ether oxygens (including phenoxy) is 1. The molecule has 9 atom stereocenters. The number of aliphatic carboxylic acids is 5. The van der Waals surface area contributed by atoms with E-state index < -0.39 is 260 Å². The lowest BCUT2D eigenvalue weighted by Crippen LogP contribution is -2.54. The molecule has 5 rings (SSSR count). The molecule has 0 aromatic heterocycles. The minimum Gasteiger partial charge on any atom is -0.481 e. The lowest BCUT2D eigenvalue weighted by molar-refractivity contribution is -0.438. The summed E-state index contributed by atoms with van der Waals surface area (Å²) in [6, 6.07) is 2.97. The van der Waals surface area contributed by atoms with E-state index in [4.69, 9.17) is 4.74 Å². The van der Waals surface area contributed by atoms with E-state index >= 15 is 0 Å². The zero-order valence-corrected chi connectivity index (χ0v) is 76.6. The second kappa shape index (κ2) is 51.9. The third kappa shape index (κ3) is 33.9. The van der Waals surface area contributed by atoms with E-state index in [1.165, 1.54) is 45.6 Å². The zero-order chi connectivity index (χ0) is 95.5. The molecule has 35 nitrogen and oxygen atoms in total. The maximum atomic E-state index is 14.4. The van der Waals surface area contributed by atoms with E-state index in [2.05, 4.69) is 88.8 Å². The molecule has 0 unspecified atom stereocenters. The summed E-state index contributed by atoms with van der Waals surface area (Å²) in [5, 5.41) is 63.9. The number of rotatable bonds is 60. The second-order valence-corrected chi connectivity index (χ2v) is 36.4. The molecule has 0 radical (unpaired) electrons. The predicted molar refractivity (Wildman–Crippen MR) is 475 cm³/mol. The van der Waals surface area contributed by atoms with Crippen LogP contribution in [0.3, 0.4) is 0 Å². The first kappa shape index (κ1) is 108. The molecule has 0 aliphatic carbocycles. The molecule has 0 bridgehead atoms. The third-order valence-electron chi connectivity index (χ3n) is 22.9. The Hall–Kier alpha value is -10.9. The van der Waals surface area contributed by atoms with Crippen LogP contribution in [0.15, 0.2) is 89.5 Å². The molecule has 3 aliphatic rings. The van der Waals surface area contributed by atoms with Crippen molar-refractivity contribution in [3.63, 3.8) is 0 Å². The number of carbonyl (C=O) groups is 17. The van der Waals surface area contributed by atoms with Gasteiger partial charge >= 0.3 is 29.8 Å². The van der Waals surface area contributed by atoms with Gasteiger partial charge in [0.1, 0.15) is 25.2 Å². The smallest absolute Gasteiger partial charge is 0.303 e. The Morgan fingerprint density at radius 1 is 0.586 bits per heavy atom. The summed E-state index contributed by atoms with van der Waals surface area (Å²) < 4.78 is 42.4. The van der Waals surface area contributed by atoms with Gasteiger partial charge in [-0.25, -0.2) is 0 Å². The normalized spacial score (nSPS) is 16.8. The molecule has 704 valence electrons. The van der Waals surface area contributed by atoms with Gasteiger partial charge in [0.25, 0.3) is 10.1 Å². The van der Waals surface area contributed by atoms with Crippen LogP contribution in [0.5, 0.6) is 0 Å². The summed E-state index contributed by atoms with van der Waals surface area (Å²) in [7, 11) is -4.58. The number of hydrogen-bond acceptors (Lipinski definition) is 22. The van der Waals surface area contributed by atoms with Crippen LogP contribution in [0.25, 0.3) is 0 Å². The first-order valence-electron chi connectivity index (χ1n) is 43.5. The summed E-state index contributed by atoms with van der Waals surface area (Å²) in [6.07, 6.45) is 8.17. The quantitative estimate of drug-likeness (QED) is 0.0129. The highest BCUT2D eigenvalue weighted by Crippen LogP contribution is 2.48. The molecule has 2 aromatic carbocycles. The van der Waals surface area contributed by atoms with Crippen LogP contribution in [0.1, 0.15) is 227 Å². The maximum absolute atomic E-state index is 14.4. The first-order valence-corrected chi connectivity index (χ1v) is 46.3. The number of allylic oxidation sites excluding steroid dienone is 8. The van der Waals surface area contributed by atoms with Gasteiger partial charge in [-0.05, 0) is 147 Å². The molecule has 1 saturated heterocycles. The van der Waals surface area contributed by atoms with Crippen molar-refractivity contribution < 1.29 is 129 Å². The number of likely N-dealkylation sites (N-methyl/N-ethyl adjacent to an activating group) is 1. The van der Waals surface area contributed by atoms with Crippen LogP contribution < -0.4 is 36.8 Å². The molecule has 12 N–H and O–H groups in total. The topological polar surface area (TPSA) is 537 Å². The first-order chi connectivity index (χ1) is 60.2. The van der Waals surface area contributed by atoms with Gasteiger partial charge in [-0.3, -0.25) is 86.1 Å². The number of benzene rings is 2. The highest BCUT2D eigenvalue weighted by Gasteiger charge is 2.46. The fourth-order valence-corrected chi connectivity index (χ4v) is 17.1. The summed E-state index contributed by atoms with van der Waals surface area (Å²) in [5.41, 5.74) is 5.88. The van der Waals surface area contributed by atoms with Crippen molar-refractivity contribution in [2.45, 2.75) is 269 Å². The number of nitrogens with zero attached hydrogens (tertiary/aromatic N) is 3. The summed E-state index contributed by atoms with van der Waals surface area (Å²) >= 11 is 1.33. The number of nitrogens with one attached hydrogen (secondary N) is 6. The van der Waals surface area contributed by atoms with Gasteiger partial charge in [0.05, 0.1) is 46.9 Å². The molecule has 3 aliphatic heterocycles. The van der Waals surface area contributed by atoms with E-state index in [0.29, 0.717) is 37.1 Å². The molecule has 128 heavy (non-hydrogen) atoms. The molecular weight excluding hydrogens is 1700 g/mol. The van der Waals surface area contributed by atoms with E-state index in [0.717, 1.165) is 18.0 Å². The number of aryl methyl sites for hydroxylation is 1. The van der Waals surface area contributed by atoms with Crippen molar-refractivity contribution in [3.8, 4) is 0 Å². The number of amides is 7. The Morgan fingerprint density at radius 2 is 1.14 bits per heavy atom. The van der Waals surface area contributed by atoms with Gasteiger partial charge < -0.3 is 72.0 Å². The Morgan fingerprint density at radius 3 is 1.70 bits per heavy atom. The van der Waals surface area contributed by atoms with Crippen LogP contribution in [0.4, 0.5) is 11.4 Å². The molecule has 0 spiro atoms. The number of hydrogen-bond donors (Lipinski definition) is 12. The van der Waals surface area contributed by atoms with Crippen molar-refractivity contribution >= 4 is 139 Å². The fourth-order valence-electron chi connectivity index (χ4n) is 15.9. The van der Waals surface area contributed by atoms with Gasteiger partial charge in [-0.1, -0.05) is 82.7 Å². The van der Waals surface area contributed by atoms with Gasteiger partial charge in [0, 0.05) is 149 Å². The average molecular weight is 1830 g/mol. The lowest BCUT2D eigenvalue weighted by Gasteiger charge is -2.27. The maximum Gasteiger partial charge on any atom is 0.303 e. The van der Waals surface area contributed by atoms with Crippen molar-refractivity contribution in [2.24, 2.45) is 23.7 Å².